The van der Waals surface area contributed by atoms with Crippen molar-refractivity contribution >= 4 is 16.7 Å². The zero-order valence-electron chi connectivity index (χ0n) is 19.7. The van der Waals surface area contributed by atoms with Crippen molar-refractivity contribution < 1.29 is 28.5 Å². The quantitative estimate of drug-likeness (QED) is 0.456. The lowest BCUT2D eigenvalue weighted by atomic mass is 10.1. The number of anilines is 1. The third-order valence-electron chi connectivity index (χ3n) is 6.49. The number of alkyl halides is 1. The van der Waals surface area contributed by atoms with Gasteiger partial charge in [0.15, 0.2) is 18.4 Å². The Labute approximate surface area is 197 Å². The summed E-state index contributed by atoms with van der Waals surface area (Å²) in [5.41, 5.74) is 0.125. The van der Waals surface area contributed by atoms with Crippen molar-refractivity contribution in [2.45, 2.75) is 77.5 Å². The molecule has 0 radical (unpaired) electrons. The molecular weight excluding hydrogens is 448 g/mol. The highest BCUT2D eigenvalue weighted by atomic mass is 19.1. The lowest BCUT2D eigenvalue weighted by molar-refractivity contribution is -0.183. The number of fused-ring (bicyclic) bond motifs is 1. The Morgan fingerprint density at radius 2 is 2.03 bits per heavy atom. The molecule has 2 aromatic heterocycles. The second-order valence-electron chi connectivity index (χ2n) is 9.04. The molecule has 2 fully saturated rings. The van der Waals surface area contributed by atoms with Gasteiger partial charge in [-0.2, -0.15) is 9.97 Å². The van der Waals surface area contributed by atoms with E-state index in [0.717, 1.165) is 38.6 Å². The van der Waals surface area contributed by atoms with Crippen molar-refractivity contribution in [3.63, 3.8) is 0 Å². The van der Waals surface area contributed by atoms with Crippen molar-refractivity contribution in [3.05, 3.63) is 11.5 Å². The predicted molar refractivity (Wildman–Crippen MR) is 122 cm³/mol. The van der Waals surface area contributed by atoms with E-state index in [1.165, 1.54) is 19.8 Å². The third-order valence-corrected chi connectivity index (χ3v) is 6.49. The largest absolute Gasteiger partial charge is 0.456 e. The van der Waals surface area contributed by atoms with Crippen LogP contribution in [0.4, 0.5) is 14.6 Å². The molecule has 0 spiro atoms. The first-order valence-corrected chi connectivity index (χ1v) is 12.0. The SMILES string of the molecule is CCCCCCN1COc2nc(C)c(F)c3nc(OC(O)O)nc1c23.FC1CC2CCCN2C1. The number of hydrogen-bond donors (Lipinski definition) is 2. The van der Waals surface area contributed by atoms with Crippen LogP contribution in [-0.2, 0) is 0 Å². The van der Waals surface area contributed by atoms with Crippen LogP contribution in [0.1, 0.15) is 57.6 Å². The monoisotopic (exact) mass is 481 g/mol. The Morgan fingerprint density at radius 1 is 1.21 bits per heavy atom. The number of aromatic nitrogens is 3. The zero-order valence-corrected chi connectivity index (χ0v) is 19.7. The van der Waals surface area contributed by atoms with Gasteiger partial charge in [-0.05, 0) is 39.2 Å². The van der Waals surface area contributed by atoms with Crippen LogP contribution >= 0.6 is 0 Å². The molecule has 2 N–H and O–H groups in total. The molecule has 3 aliphatic heterocycles. The number of pyridine rings is 1. The van der Waals surface area contributed by atoms with E-state index >= 15 is 0 Å². The number of aryl methyl sites for hydroxylation is 1. The summed E-state index contributed by atoms with van der Waals surface area (Å²) < 4.78 is 37.5. The van der Waals surface area contributed by atoms with E-state index in [4.69, 9.17) is 19.7 Å². The maximum absolute atomic E-state index is 14.5. The molecule has 0 amide bonds. The molecule has 2 atom stereocenters. The van der Waals surface area contributed by atoms with Gasteiger partial charge in [0.2, 0.25) is 5.88 Å². The van der Waals surface area contributed by atoms with Gasteiger partial charge in [0, 0.05) is 19.1 Å². The van der Waals surface area contributed by atoms with Crippen LogP contribution in [0.5, 0.6) is 11.9 Å². The summed E-state index contributed by atoms with van der Waals surface area (Å²) in [6.45, 7) is 4.31. The molecular formula is C23H33F2N5O4. The number of halogens is 2. The minimum atomic E-state index is -2.09. The van der Waals surface area contributed by atoms with E-state index in [9.17, 15) is 8.78 Å². The topological polar surface area (TPSA) is 104 Å². The van der Waals surface area contributed by atoms with Crippen molar-refractivity contribution in [2.24, 2.45) is 0 Å². The zero-order chi connectivity index (χ0) is 24.2. The van der Waals surface area contributed by atoms with Crippen LogP contribution in [0.15, 0.2) is 0 Å². The highest BCUT2D eigenvalue weighted by Crippen LogP contribution is 2.38. The second kappa shape index (κ2) is 10.9. The van der Waals surface area contributed by atoms with Crippen LogP contribution in [-0.4, -0.2) is 75.1 Å². The Bertz CT molecular complexity index is 984. The van der Waals surface area contributed by atoms with Gasteiger partial charge in [-0.3, -0.25) is 4.90 Å². The lowest BCUT2D eigenvalue weighted by Gasteiger charge is -2.29. The van der Waals surface area contributed by atoms with E-state index in [-0.39, 0.29) is 29.8 Å². The van der Waals surface area contributed by atoms with E-state index in [1.54, 1.807) is 0 Å². The van der Waals surface area contributed by atoms with Gasteiger partial charge in [0.05, 0.1) is 5.69 Å². The summed E-state index contributed by atoms with van der Waals surface area (Å²) in [5.74, 6) is 0.0747. The molecule has 0 aromatic carbocycles. The van der Waals surface area contributed by atoms with Crippen LogP contribution < -0.4 is 14.4 Å². The summed E-state index contributed by atoms with van der Waals surface area (Å²) in [5, 5.41) is 18.4. The fourth-order valence-electron chi connectivity index (χ4n) is 4.82. The van der Waals surface area contributed by atoms with Crippen molar-refractivity contribution in [1.29, 1.82) is 0 Å². The molecule has 3 aliphatic rings. The Kier molecular flexibility index (Phi) is 7.95. The molecule has 5 heterocycles. The molecule has 0 saturated carbocycles. The number of aliphatic hydroxyl groups excluding tert-OH is 1. The molecule has 9 nitrogen and oxygen atoms in total. The Morgan fingerprint density at radius 3 is 2.76 bits per heavy atom. The van der Waals surface area contributed by atoms with Gasteiger partial charge < -0.3 is 24.6 Å². The molecule has 34 heavy (non-hydrogen) atoms. The maximum Gasteiger partial charge on any atom is 0.323 e. The predicted octanol–water partition coefficient (Wildman–Crippen LogP) is 3.05. The summed E-state index contributed by atoms with van der Waals surface area (Å²) in [4.78, 5) is 16.4. The average Bonchev–Trinajstić information content (AvgIpc) is 3.37. The van der Waals surface area contributed by atoms with E-state index in [2.05, 4.69) is 26.8 Å². The lowest BCUT2D eigenvalue weighted by Crippen LogP contribution is -2.33. The number of aliphatic hydroxyl groups is 2. The van der Waals surface area contributed by atoms with Gasteiger partial charge in [-0.15, -0.1) is 0 Å². The molecule has 0 aliphatic carbocycles. The van der Waals surface area contributed by atoms with Crippen molar-refractivity contribution in [2.75, 3.05) is 31.3 Å². The molecule has 188 valence electrons. The van der Waals surface area contributed by atoms with E-state index in [1.807, 2.05) is 4.90 Å². The fourth-order valence-corrected chi connectivity index (χ4v) is 4.82. The van der Waals surface area contributed by atoms with Crippen LogP contribution in [0, 0.1) is 12.7 Å². The van der Waals surface area contributed by atoms with Crippen molar-refractivity contribution in [3.8, 4) is 11.9 Å². The minimum absolute atomic E-state index is 0.0126. The summed E-state index contributed by atoms with van der Waals surface area (Å²) in [7, 11) is 0. The number of hydrogen-bond acceptors (Lipinski definition) is 9. The van der Waals surface area contributed by atoms with Gasteiger partial charge in [0.25, 0.3) is 0 Å². The third kappa shape index (κ3) is 5.47. The van der Waals surface area contributed by atoms with Gasteiger partial charge >= 0.3 is 12.5 Å². The fraction of sp³-hybridized carbons (Fsp3) is 0.696. The van der Waals surface area contributed by atoms with Gasteiger partial charge in [-0.25, -0.2) is 13.8 Å². The molecule has 5 rings (SSSR count). The maximum atomic E-state index is 14.5. The van der Waals surface area contributed by atoms with Crippen molar-refractivity contribution in [1.82, 2.24) is 19.9 Å². The molecule has 2 unspecified atom stereocenters. The van der Waals surface area contributed by atoms with Gasteiger partial charge in [0.1, 0.15) is 17.1 Å². The normalized spacial score (nSPS) is 21.4. The van der Waals surface area contributed by atoms with Gasteiger partial charge in [-0.1, -0.05) is 26.2 Å². The number of unbranched alkanes of at least 4 members (excludes halogenated alkanes) is 3. The summed E-state index contributed by atoms with van der Waals surface area (Å²) in [6.07, 6.45) is 7.06. The first-order chi connectivity index (χ1) is 16.4. The van der Waals surface area contributed by atoms with Crippen LogP contribution in [0.25, 0.3) is 10.9 Å². The number of nitrogens with zero attached hydrogens (tertiary/aromatic N) is 5. The number of rotatable bonds is 7. The first-order valence-electron chi connectivity index (χ1n) is 12.0. The molecule has 11 heteroatoms. The standard InChI is InChI=1S/C16H21FN4O4.C7H12FN/c1-3-4-5-6-7-21-8-24-14-10-12(11(17)9(2)18-14)19-15(20-13(10)21)25-16(22)23;8-6-4-7-2-1-3-9(7)5-6/h16,22-23H,3-8H2,1-2H3;6-7H,1-5H2. The highest BCUT2D eigenvalue weighted by molar-refractivity contribution is 5.95. The summed E-state index contributed by atoms with van der Waals surface area (Å²) >= 11 is 0. The highest BCUT2D eigenvalue weighted by Gasteiger charge is 2.34. The van der Waals surface area contributed by atoms with Crippen LogP contribution in [0.2, 0.25) is 0 Å². The molecule has 2 aromatic rings. The van der Waals surface area contributed by atoms with E-state index < -0.39 is 18.5 Å². The average molecular weight is 482 g/mol. The second-order valence-corrected chi connectivity index (χ2v) is 9.04. The number of ether oxygens (including phenoxy) is 2. The van der Waals surface area contributed by atoms with Crippen LogP contribution in [0.3, 0.4) is 0 Å². The smallest absolute Gasteiger partial charge is 0.323 e. The first kappa shape index (κ1) is 24.7. The molecule has 2 saturated heterocycles. The Hall–Kier alpha value is -2.37. The molecule has 0 bridgehead atoms. The summed E-state index contributed by atoms with van der Waals surface area (Å²) in [6, 6.07) is 0.299. The Balaban J connectivity index is 0.000000252. The minimum Gasteiger partial charge on any atom is -0.456 e. The van der Waals surface area contributed by atoms with E-state index in [0.29, 0.717) is 30.3 Å².